The first-order valence-electron chi connectivity index (χ1n) is 11.0. The molecule has 164 valence electrons. The molecular weight excluding hydrogens is 400 g/mol. The van der Waals surface area contributed by atoms with Crippen molar-refractivity contribution in [3.63, 3.8) is 0 Å². The second-order valence-electron chi connectivity index (χ2n) is 8.12. The van der Waals surface area contributed by atoms with Crippen LogP contribution in [0.2, 0.25) is 0 Å². The monoisotopic (exact) mass is 428 g/mol. The quantitative estimate of drug-likeness (QED) is 0.592. The molecule has 3 aromatic rings. The summed E-state index contributed by atoms with van der Waals surface area (Å²) in [5, 5.41) is 3.05. The molecule has 0 bridgehead atoms. The van der Waals surface area contributed by atoms with Crippen LogP contribution in [0.1, 0.15) is 42.9 Å². The maximum absolute atomic E-state index is 13.0. The van der Waals surface area contributed by atoms with Gasteiger partial charge in [0.2, 0.25) is 5.91 Å². The summed E-state index contributed by atoms with van der Waals surface area (Å²) in [5.74, 6) is 0.362. The minimum absolute atomic E-state index is 0.0428. The molecule has 0 fully saturated rings. The van der Waals surface area contributed by atoms with Gasteiger partial charge in [0.15, 0.2) is 6.10 Å². The molecule has 5 heteroatoms. The molecule has 5 nitrogen and oxygen atoms in total. The summed E-state index contributed by atoms with van der Waals surface area (Å²) >= 11 is 0. The van der Waals surface area contributed by atoms with E-state index in [0.717, 1.165) is 16.7 Å². The summed E-state index contributed by atoms with van der Waals surface area (Å²) in [5.41, 5.74) is 3.64. The van der Waals surface area contributed by atoms with Crippen LogP contribution in [0.15, 0.2) is 78.9 Å². The zero-order valence-electron chi connectivity index (χ0n) is 18.5. The third-order valence-electron chi connectivity index (χ3n) is 5.80. The van der Waals surface area contributed by atoms with Gasteiger partial charge in [-0.05, 0) is 42.7 Å². The standard InChI is InChI=1S/C27H28N2O3/c1-3-24(21-12-8-5-9-13-21)26(30)28-23-14-15-25-22(16-23)18-29(27(31)19(2)32-25)17-20-10-6-4-7-11-20/h4-16,19,24H,3,17-18H2,1-2H3,(H,28,30). The molecule has 0 aromatic heterocycles. The fraction of sp³-hybridized carbons (Fsp3) is 0.259. The van der Waals surface area contributed by atoms with Crippen molar-refractivity contribution in [2.45, 2.75) is 45.4 Å². The number of rotatable bonds is 6. The van der Waals surface area contributed by atoms with Crippen LogP contribution in [0, 0.1) is 0 Å². The van der Waals surface area contributed by atoms with Gasteiger partial charge in [-0.3, -0.25) is 9.59 Å². The summed E-state index contributed by atoms with van der Waals surface area (Å²) in [4.78, 5) is 27.7. The first-order valence-corrected chi connectivity index (χ1v) is 11.0. The van der Waals surface area contributed by atoms with Crippen LogP contribution in [0.4, 0.5) is 5.69 Å². The first kappa shape index (κ1) is 21.6. The zero-order valence-corrected chi connectivity index (χ0v) is 18.5. The van der Waals surface area contributed by atoms with E-state index in [2.05, 4.69) is 5.32 Å². The Balaban J connectivity index is 1.55. The number of carbonyl (C=O) groups excluding carboxylic acids is 2. The molecule has 1 aliphatic heterocycles. The molecule has 32 heavy (non-hydrogen) atoms. The average molecular weight is 429 g/mol. The Hall–Kier alpha value is -3.60. The van der Waals surface area contributed by atoms with Crippen LogP contribution in [-0.4, -0.2) is 22.8 Å². The van der Waals surface area contributed by atoms with Crippen molar-refractivity contribution in [1.29, 1.82) is 0 Å². The molecule has 2 atom stereocenters. The number of hydrogen-bond acceptors (Lipinski definition) is 3. The van der Waals surface area contributed by atoms with Crippen molar-refractivity contribution in [2.75, 3.05) is 5.32 Å². The maximum Gasteiger partial charge on any atom is 0.263 e. The summed E-state index contributed by atoms with van der Waals surface area (Å²) in [6.45, 7) is 4.72. The van der Waals surface area contributed by atoms with Gasteiger partial charge in [0.25, 0.3) is 5.91 Å². The fourth-order valence-electron chi connectivity index (χ4n) is 4.10. The molecular formula is C27H28N2O3. The Labute approximate surface area is 189 Å². The molecule has 0 radical (unpaired) electrons. The topological polar surface area (TPSA) is 58.6 Å². The fourth-order valence-corrected chi connectivity index (χ4v) is 4.10. The predicted octanol–water partition coefficient (Wildman–Crippen LogP) is 5.13. The van der Waals surface area contributed by atoms with Crippen molar-refractivity contribution < 1.29 is 14.3 Å². The third kappa shape index (κ3) is 4.83. The summed E-state index contributed by atoms with van der Waals surface area (Å²) in [6, 6.07) is 25.3. The van der Waals surface area contributed by atoms with Gasteiger partial charge in [0.05, 0.1) is 5.92 Å². The number of nitrogens with zero attached hydrogens (tertiary/aromatic N) is 1. The maximum atomic E-state index is 13.0. The highest BCUT2D eigenvalue weighted by molar-refractivity contribution is 5.96. The Bertz CT molecular complexity index is 1080. The molecule has 0 saturated heterocycles. The van der Waals surface area contributed by atoms with E-state index in [-0.39, 0.29) is 17.7 Å². The highest BCUT2D eigenvalue weighted by atomic mass is 16.5. The highest BCUT2D eigenvalue weighted by Crippen LogP contribution is 2.30. The van der Waals surface area contributed by atoms with Gasteiger partial charge in [-0.15, -0.1) is 0 Å². The Morgan fingerprint density at radius 3 is 2.44 bits per heavy atom. The van der Waals surface area contributed by atoms with Crippen molar-refractivity contribution >= 4 is 17.5 Å². The first-order chi connectivity index (χ1) is 15.5. The lowest BCUT2D eigenvalue weighted by Crippen LogP contribution is -2.37. The number of hydrogen-bond donors (Lipinski definition) is 1. The molecule has 0 saturated carbocycles. The summed E-state index contributed by atoms with van der Waals surface area (Å²) < 4.78 is 5.93. The van der Waals surface area contributed by atoms with Gasteiger partial charge < -0.3 is 15.0 Å². The normalized spacial score (nSPS) is 16.5. The Morgan fingerprint density at radius 2 is 1.75 bits per heavy atom. The minimum atomic E-state index is -0.567. The van der Waals surface area contributed by atoms with Crippen LogP contribution in [0.25, 0.3) is 0 Å². The van der Waals surface area contributed by atoms with Crippen molar-refractivity contribution in [3.05, 3.63) is 95.6 Å². The van der Waals surface area contributed by atoms with Gasteiger partial charge in [-0.25, -0.2) is 0 Å². The number of fused-ring (bicyclic) bond motifs is 1. The SMILES string of the molecule is CCC(C(=O)Nc1ccc2c(c1)CN(Cc1ccccc1)C(=O)C(C)O2)c1ccccc1. The van der Waals surface area contributed by atoms with E-state index >= 15 is 0 Å². The Morgan fingerprint density at radius 1 is 1.06 bits per heavy atom. The van der Waals surface area contributed by atoms with E-state index in [1.165, 1.54) is 0 Å². The van der Waals surface area contributed by atoms with Gasteiger partial charge in [0.1, 0.15) is 5.75 Å². The second-order valence-corrected chi connectivity index (χ2v) is 8.12. The van der Waals surface area contributed by atoms with E-state index < -0.39 is 6.10 Å². The number of benzene rings is 3. The zero-order chi connectivity index (χ0) is 22.5. The number of amides is 2. The molecule has 0 spiro atoms. The van der Waals surface area contributed by atoms with E-state index in [1.807, 2.05) is 85.8 Å². The van der Waals surface area contributed by atoms with E-state index in [9.17, 15) is 9.59 Å². The number of anilines is 1. The van der Waals surface area contributed by atoms with Gasteiger partial charge in [-0.1, -0.05) is 67.6 Å². The lowest BCUT2D eigenvalue weighted by molar-refractivity contribution is -0.138. The van der Waals surface area contributed by atoms with Gasteiger partial charge >= 0.3 is 0 Å². The van der Waals surface area contributed by atoms with Crippen LogP contribution < -0.4 is 10.1 Å². The molecule has 1 aliphatic rings. The second kappa shape index (κ2) is 9.69. The van der Waals surface area contributed by atoms with Gasteiger partial charge in [0, 0.05) is 24.3 Å². The van der Waals surface area contributed by atoms with Gasteiger partial charge in [-0.2, -0.15) is 0 Å². The smallest absolute Gasteiger partial charge is 0.263 e. The summed E-state index contributed by atoms with van der Waals surface area (Å²) in [6.07, 6.45) is 0.142. The van der Waals surface area contributed by atoms with Crippen molar-refractivity contribution in [3.8, 4) is 5.75 Å². The minimum Gasteiger partial charge on any atom is -0.481 e. The lowest BCUT2D eigenvalue weighted by atomic mass is 9.95. The van der Waals surface area contributed by atoms with E-state index in [1.54, 1.807) is 11.8 Å². The van der Waals surface area contributed by atoms with Crippen LogP contribution >= 0.6 is 0 Å². The lowest BCUT2D eigenvalue weighted by Gasteiger charge is -2.22. The molecule has 3 aromatic carbocycles. The number of nitrogens with one attached hydrogen (secondary N) is 1. The van der Waals surface area contributed by atoms with Crippen molar-refractivity contribution in [2.24, 2.45) is 0 Å². The highest BCUT2D eigenvalue weighted by Gasteiger charge is 2.28. The molecule has 4 rings (SSSR count). The average Bonchev–Trinajstić information content (AvgIpc) is 2.92. The van der Waals surface area contributed by atoms with Crippen LogP contribution in [0.3, 0.4) is 0 Å². The van der Waals surface area contributed by atoms with Crippen molar-refractivity contribution in [1.82, 2.24) is 4.90 Å². The van der Waals surface area contributed by atoms with E-state index in [0.29, 0.717) is 30.9 Å². The van der Waals surface area contributed by atoms with E-state index in [4.69, 9.17) is 4.74 Å². The third-order valence-corrected chi connectivity index (χ3v) is 5.80. The molecule has 1 heterocycles. The molecule has 2 unspecified atom stereocenters. The molecule has 0 aliphatic carbocycles. The summed E-state index contributed by atoms with van der Waals surface area (Å²) in [7, 11) is 0. The largest absolute Gasteiger partial charge is 0.481 e. The van der Waals surface area contributed by atoms with Crippen LogP contribution in [-0.2, 0) is 22.7 Å². The predicted molar refractivity (Wildman–Crippen MR) is 125 cm³/mol. The molecule has 1 N–H and O–H groups in total. The van der Waals surface area contributed by atoms with Crippen LogP contribution in [0.5, 0.6) is 5.75 Å². The molecule has 2 amide bonds. The number of carbonyl (C=O) groups is 2. The Kier molecular flexibility index (Phi) is 6.55. The number of ether oxygens (including phenoxy) is 1.